The van der Waals surface area contributed by atoms with Crippen molar-refractivity contribution in [3.63, 3.8) is 0 Å². The van der Waals surface area contributed by atoms with Gasteiger partial charge >= 0.3 is 0 Å². The lowest BCUT2D eigenvalue weighted by Gasteiger charge is -2.38. The van der Waals surface area contributed by atoms with Gasteiger partial charge in [0.1, 0.15) is 42.8 Å². The quantitative estimate of drug-likeness (QED) is 0.465. The summed E-state index contributed by atoms with van der Waals surface area (Å²) >= 11 is 0. The molecule has 12 nitrogen and oxygen atoms in total. The zero-order valence-corrected chi connectivity index (χ0v) is 24.8. The molecule has 2 bridgehead atoms. The molecule has 0 aliphatic carbocycles. The van der Waals surface area contributed by atoms with E-state index in [-0.39, 0.29) is 74.6 Å². The Morgan fingerprint density at radius 2 is 1.60 bits per heavy atom. The summed E-state index contributed by atoms with van der Waals surface area (Å²) < 4.78 is 58.5. The first kappa shape index (κ1) is 31.9. The van der Waals surface area contributed by atoms with Crippen LogP contribution in [0.4, 0.5) is 8.78 Å². The van der Waals surface area contributed by atoms with E-state index in [2.05, 4.69) is 5.32 Å². The van der Waals surface area contributed by atoms with Crippen LogP contribution in [0.3, 0.4) is 0 Å². The number of nitrogens with one attached hydrogen (secondary N) is 1. The number of nitrogens with zero attached hydrogens (tertiary/aromatic N) is 3. The number of hydrogen-bond acceptors (Lipinski definition) is 9. The molecule has 2 amide bonds. The van der Waals surface area contributed by atoms with E-state index in [0.29, 0.717) is 25.9 Å². The number of benzene rings is 2. The van der Waals surface area contributed by atoms with Gasteiger partial charge in [-0.25, -0.2) is 8.78 Å². The van der Waals surface area contributed by atoms with E-state index in [0.717, 1.165) is 11.6 Å². The van der Waals surface area contributed by atoms with Crippen molar-refractivity contribution in [2.24, 2.45) is 0 Å². The van der Waals surface area contributed by atoms with Gasteiger partial charge in [-0.05, 0) is 5.56 Å². The molecule has 0 unspecified atom stereocenters. The third kappa shape index (κ3) is 7.77. The van der Waals surface area contributed by atoms with Crippen LogP contribution in [0.25, 0.3) is 0 Å². The van der Waals surface area contributed by atoms with E-state index < -0.39 is 35.4 Å². The monoisotopic (exact) mass is 628 g/mol. The van der Waals surface area contributed by atoms with Gasteiger partial charge in [-0.1, -0.05) is 30.3 Å². The zero-order valence-electron chi connectivity index (χ0n) is 24.8. The van der Waals surface area contributed by atoms with E-state index >= 15 is 0 Å². The van der Waals surface area contributed by atoms with Gasteiger partial charge in [0.05, 0.1) is 46.2 Å². The van der Waals surface area contributed by atoms with Gasteiger partial charge in [-0.2, -0.15) is 0 Å². The van der Waals surface area contributed by atoms with Gasteiger partial charge in [0, 0.05) is 37.5 Å². The molecule has 2 aromatic carbocycles. The van der Waals surface area contributed by atoms with Gasteiger partial charge in [0.25, 0.3) is 11.8 Å². The summed E-state index contributed by atoms with van der Waals surface area (Å²) in [5.41, 5.74) is -0.597. The van der Waals surface area contributed by atoms with Crippen LogP contribution in [0.5, 0.6) is 11.5 Å². The molecular formula is C31H34F2N4O8. The number of fused-ring (bicyclic) bond motifs is 2. The van der Waals surface area contributed by atoms with Gasteiger partial charge in [0.2, 0.25) is 5.43 Å². The Morgan fingerprint density at radius 3 is 2.33 bits per heavy atom. The molecule has 2 aliphatic rings. The van der Waals surface area contributed by atoms with E-state index in [1.807, 2.05) is 6.07 Å². The summed E-state index contributed by atoms with van der Waals surface area (Å²) in [6, 6.07) is 10.7. The van der Waals surface area contributed by atoms with Crippen LogP contribution in [0.2, 0.25) is 0 Å². The lowest BCUT2D eigenvalue weighted by Crippen LogP contribution is -2.54. The van der Waals surface area contributed by atoms with Gasteiger partial charge in [-0.3, -0.25) is 24.1 Å². The van der Waals surface area contributed by atoms with Crippen LogP contribution in [-0.4, -0.2) is 87.9 Å². The first-order valence-corrected chi connectivity index (χ1v) is 14.4. The third-order valence-corrected chi connectivity index (χ3v) is 7.11. The predicted molar refractivity (Wildman–Crippen MR) is 157 cm³/mol. The molecule has 0 fully saturated rings. The number of rotatable bonds is 3. The molecule has 1 N–H and O–H groups in total. The Balaban J connectivity index is 1.52. The highest BCUT2D eigenvalue weighted by atomic mass is 19.1. The maximum Gasteiger partial charge on any atom is 0.277 e. The number of ether oxygens (including phenoxy) is 5. The molecule has 2 aliphatic heterocycles. The minimum absolute atomic E-state index is 0.0143. The fraction of sp³-hybridized carbons (Fsp3) is 0.387. The topological polar surface area (TPSA) is 121 Å². The number of amides is 2. The molecular weight excluding hydrogens is 594 g/mol. The highest BCUT2D eigenvalue weighted by Gasteiger charge is 2.34. The second-order valence-electron chi connectivity index (χ2n) is 10.3. The molecule has 14 heteroatoms. The number of halogens is 2. The predicted octanol–water partition coefficient (Wildman–Crippen LogP) is 2.06. The fourth-order valence-corrected chi connectivity index (χ4v) is 4.83. The molecule has 240 valence electrons. The minimum atomic E-state index is -0.938. The van der Waals surface area contributed by atoms with Gasteiger partial charge < -0.3 is 33.9 Å². The fourth-order valence-electron chi connectivity index (χ4n) is 4.83. The van der Waals surface area contributed by atoms with Crippen LogP contribution < -0.4 is 25.2 Å². The summed E-state index contributed by atoms with van der Waals surface area (Å²) in [5, 5.41) is 4.26. The number of carbonyl (C=O) groups excluding carboxylic acids is 2. The second-order valence-corrected chi connectivity index (χ2v) is 10.3. The first-order chi connectivity index (χ1) is 21.8. The van der Waals surface area contributed by atoms with Crippen LogP contribution in [0, 0.1) is 11.6 Å². The van der Waals surface area contributed by atoms with Crippen molar-refractivity contribution >= 4 is 11.8 Å². The standard InChI is InChI=1S/C31H34F2N4O8/c1-35-20-36-7-8-41-9-10-42-11-12-43-13-14-44-26-16-22(32)15-25(33)23(26)17-34-30(39)24-18-37(36)27(31(35)40)29(28(24)38)45-19-21-5-3-2-4-6-21/h2-6,15-16,18H,7-14,17,19-20H2,1H3,(H,34,39). The van der Waals surface area contributed by atoms with Gasteiger partial charge in [-0.15, -0.1) is 0 Å². The molecule has 0 saturated heterocycles. The van der Waals surface area contributed by atoms with Crippen LogP contribution >= 0.6 is 0 Å². The van der Waals surface area contributed by atoms with Crippen molar-refractivity contribution in [1.29, 1.82) is 0 Å². The van der Waals surface area contributed by atoms with Crippen molar-refractivity contribution in [2.45, 2.75) is 13.2 Å². The summed E-state index contributed by atoms with van der Waals surface area (Å²) in [4.78, 5) is 42.1. The summed E-state index contributed by atoms with van der Waals surface area (Å²) in [6.45, 7) is 1.52. The lowest BCUT2D eigenvalue weighted by atomic mass is 10.1. The average Bonchev–Trinajstić information content (AvgIpc) is 3.02. The maximum atomic E-state index is 14.9. The minimum Gasteiger partial charge on any atom is -0.491 e. The van der Waals surface area contributed by atoms with E-state index in [1.165, 1.54) is 15.8 Å². The summed E-state index contributed by atoms with van der Waals surface area (Å²) in [6.07, 6.45) is 1.26. The Labute approximate surface area is 257 Å². The summed E-state index contributed by atoms with van der Waals surface area (Å²) in [5.74, 6) is -3.56. The molecule has 0 radical (unpaired) electrons. The van der Waals surface area contributed by atoms with Crippen molar-refractivity contribution in [1.82, 2.24) is 14.9 Å². The maximum absolute atomic E-state index is 14.9. The average molecular weight is 629 g/mol. The SMILES string of the molecule is CN1CN2CCOCCOCCOCCOc3cc(F)cc(F)c3CNC(=O)c3cn2c(c(OCc2ccccc2)c3=O)C1=O. The van der Waals surface area contributed by atoms with Gasteiger partial charge in [0.15, 0.2) is 11.4 Å². The Hall–Kier alpha value is -4.53. The highest BCUT2D eigenvalue weighted by Crippen LogP contribution is 2.25. The van der Waals surface area contributed by atoms with Crippen molar-refractivity contribution in [3.8, 4) is 11.5 Å². The molecule has 45 heavy (non-hydrogen) atoms. The number of pyridine rings is 1. The Kier molecular flexibility index (Phi) is 10.6. The number of aromatic nitrogens is 1. The second kappa shape index (κ2) is 15.0. The normalized spacial score (nSPS) is 17.0. The molecule has 0 saturated carbocycles. The Morgan fingerprint density at radius 1 is 0.911 bits per heavy atom. The van der Waals surface area contributed by atoms with Crippen LogP contribution in [0.1, 0.15) is 32.0 Å². The molecule has 3 heterocycles. The molecule has 1 aromatic heterocycles. The smallest absolute Gasteiger partial charge is 0.277 e. The molecule has 3 aromatic rings. The number of hydrogen-bond donors (Lipinski definition) is 1. The van der Waals surface area contributed by atoms with Crippen LogP contribution in [0.15, 0.2) is 53.5 Å². The first-order valence-electron chi connectivity index (χ1n) is 14.4. The molecule has 0 spiro atoms. The van der Waals surface area contributed by atoms with Crippen molar-refractivity contribution in [2.75, 3.05) is 71.5 Å². The highest BCUT2D eigenvalue weighted by molar-refractivity contribution is 5.99. The zero-order chi connectivity index (χ0) is 31.8. The lowest BCUT2D eigenvalue weighted by molar-refractivity contribution is 0.00952. The van der Waals surface area contributed by atoms with Crippen molar-refractivity contribution in [3.05, 3.63) is 92.9 Å². The Bertz CT molecular complexity index is 1570. The van der Waals surface area contributed by atoms with E-state index in [4.69, 9.17) is 23.7 Å². The van der Waals surface area contributed by atoms with Crippen molar-refractivity contribution < 1.29 is 42.1 Å². The summed E-state index contributed by atoms with van der Waals surface area (Å²) in [7, 11) is 1.59. The largest absolute Gasteiger partial charge is 0.491 e. The van der Waals surface area contributed by atoms with Crippen LogP contribution in [-0.2, 0) is 27.4 Å². The van der Waals surface area contributed by atoms with E-state index in [1.54, 1.807) is 36.3 Å². The number of carbonyl (C=O) groups is 2. The van der Waals surface area contributed by atoms with E-state index in [9.17, 15) is 23.2 Å². The molecule has 5 rings (SSSR count). The third-order valence-electron chi connectivity index (χ3n) is 7.11. The molecule has 0 atom stereocenters.